The van der Waals surface area contributed by atoms with E-state index in [0.717, 1.165) is 13.0 Å². The lowest BCUT2D eigenvalue weighted by atomic mass is 10.3. The molecule has 0 aromatic heterocycles. The third-order valence-corrected chi connectivity index (χ3v) is 4.78. The van der Waals surface area contributed by atoms with Crippen molar-refractivity contribution >= 4 is 15.7 Å². The van der Waals surface area contributed by atoms with Crippen LogP contribution in [0.2, 0.25) is 0 Å². The number of nitrogens with one attached hydrogen (secondary N) is 2. The molecule has 0 fully saturated rings. The van der Waals surface area contributed by atoms with Crippen LogP contribution in [0, 0.1) is 0 Å². The molecule has 0 aliphatic heterocycles. The van der Waals surface area contributed by atoms with E-state index in [9.17, 15) is 8.42 Å². The van der Waals surface area contributed by atoms with Crippen molar-refractivity contribution in [3.8, 4) is 11.5 Å². The number of methoxy groups -OCH3 is 2. The summed E-state index contributed by atoms with van der Waals surface area (Å²) in [4.78, 5) is 0. The minimum atomic E-state index is -3.50. The van der Waals surface area contributed by atoms with Crippen LogP contribution in [0.4, 0.5) is 5.69 Å². The van der Waals surface area contributed by atoms with E-state index in [1.54, 1.807) is 25.1 Å². The molecule has 0 aliphatic rings. The molecule has 0 spiro atoms. The van der Waals surface area contributed by atoms with Gasteiger partial charge in [0.05, 0.1) is 25.2 Å². The molecule has 6 nitrogen and oxygen atoms in total. The van der Waals surface area contributed by atoms with Gasteiger partial charge in [0.15, 0.2) is 0 Å². The molecule has 21 heavy (non-hydrogen) atoms. The first-order valence-corrected chi connectivity index (χ1v) is 8.43. The molecule has 0 amide bonds. The molecular formula is C14H24N2O4S. The molecule has 1 rings (SSSR count). The van der Waals surface area contributed by atoms with Crippen molar-refractivity contribution in [3.63, 3.8) is 0 Å². The van der Waals surface area contributed by atoms with E-state index in [1.807, 2.05) is 6.92 Å². The Labute approximate surface area is 126 Å². The zero-order valence-corrected chi connectivity index (χ0v) is 13.8. The summed E-state index contributed by atoms with van der Waals surface area (Å²) >= 11 is 0. The molecule has 1 atom stereocenters. The number of ether oxygens (including phenoxy) is 2. The summed E-state index contributed by atoms with van der Waals surface area (Å²) in [5.74, 6) is 1.01. The second-order valence-electron chi connectivity index (χ2n) is 4.73. The third-order valence-electron chi connectivity index (χ3n) is 3.05. The van der Waals surface area contributed by atoms with Gasteiger partial charge in [-0.05, 0) is 32.0 Å². The average Bonchev–Trinajstić information content (AvgIpc) is 2.46. The van der Waals surface area contributed by atoms with Crippen LogP contribution < -0.4 is 19.5 Å². The number of rotatable bonds is 9. The van der Waals surface area contributed by atoms with Crippen LogP contribution in [0.1, 0.15) is 20.3 Å². The molecule has 2 N–H and O–H groups in total. The molecule has 0 bridgehead atoms. The van der Waals surface area contributed by atoms with Crippen LogP contribution in [0.15, 0.2) is 18.2 Å². The van der Waals surface area contributed by atoms with Gasteiger partial charge in [-0.1, -0.05) is 6.92 Å². The van der Waals surface area contributed by atoms with E-state index < -0.39 is 15.3 Å². The van der Waals surface area contributed by atoms with Gasteiger partial charge in [0, 0.05) is 12.6 Å². The lowest BCUT2D eigenvalue weighted by Gasteiger charge is -2.17. The quantitative estimate of drug-likeness (QED) is 0.680. The Hall–Kier alpha value is -1.47. The highest BCUT2D eigenvalue weighted by molar-refractivity contribution is 7.93. The highest BCUT2D eigenvalue weighted by Crippen LogP contribution is 2.30. The lowest BCUT2D eigenvalue weighted by molar-refractivity contribution is 0.405. The lowest BCUT2D eigenvalue weighted by Crippen LogP contribution is -2.35. The minimum Gasteiger partial charge on any atom is -0.497 e. The van der Waals surface area contributed by atoms with Crippen LogP contribution in [-0.2, 0) is 10.0 Å². The Morgan fingerprint density at radius 2 is 1.95 bits per heavy atom. The molecule has 0 saturated carbocycles. The van der Waals surface area contributed by atoms with Gasteiger partial charge >= 0.3 is 0 Å². The fraction of sp³-hybridized carbons (Fsp3) is 0.571. The first-order valence-electron chi connectivity index (χ1n) is 6.89. The summed E-state index contributed by atoms with van der Waals surface area (Å²) in [5.41, 5.74) is 0.374. The van der Waals surface area contributed by atoms with Crippen molar-refractivity contribution < 1.29 is 17.9 Å². The van der Waals surface area contributed by atoms with Crippen LogP contribution >= 0.6 is 0 Å². The average molecular weight is 316 g/mol. The highest BCUT2D eigenvalue weighted by atomic mass is 32.2. The SMILES string of the molecule is CCCNCC(C)S(=O)(=O)Nc1cc(OC)ccc1OC. The van der Waals surface area contributed by atoms with E-state index in [2.05, 4.69) is 10.0 Å². The highest BCUT2D eigenvalue weighted by Gasteiger charge is 2.22. The second-order valence-corrected chi connectivity index (χ2v) is 6.83. The smallest absolute Gasteiger partial charge is 0.236 e. The van der Waals surface area contributed by atoms with Gasteiger partial charge < -0.3 is 14.8 Å². The molecule has 120 valence electrons. The van der Waals surface area contributed by atoms with Crippen LogP contribution in [0.25, 0.3) is 0 Å². The van der Waals surface area contributed by atoms with Crippen molar-refractivity contribution in [2.75, 3.05) is 32.0 Å². The largest absolute Gasteiger partial charge is 0.497 e. The van der Waals surface area contributed by atoms with Crippen molar-refractivity contribution in [2.24, 2.45) is 0 Å². The first kappa shape index (κ1) is 17.6. The van der Waals surface area contributed by atoms with Gasteiger partial charge in [-0.15, -0.1) is 0 Å². The van der Waals surface area contributed by atoms with E-state index in [0.29, 0.717) is 23.7 Å². The van der Waals surface area contributed by atoms with Gasteiger partial charge in [0.2, 0.25) is 10.0 Å². The fourth-order valence-corrected chi connectivity index (χ4v) is 2.74. The Balaban J connectivity index is 2.87. The zero-order valence-electron chi connectivity index (χ0n) is 13.0. The predicted molar refractivity (Wildman–Crippen MR) is 84.7 cm³/mol. The van der Waals surface area contributed by atoms with Crippen LogP contribution in [-0.4, -0.2) is 41.0 Å². The number of sulfonamides is 1. The van der Waals surface area contributed by atoms with Gasteiger partial charge in [0.1, 0.15) is 11.5 Å². The Morgan fingerprint density at radius 1 is 1.24 bits per heavy atom. The fourth-order valence-electron chi connectivity index (χ4n) is 1.74. The summed E-state index contributed by atoms with van der Waals surface area (Å²) in [5, 5.41) is 2.55. The maximum atomic E-state index is 12.3. The predicted octanol–water partition coefficient (Wildman–Crippen LogP) is 1.83. The monoisotopic (exact) mass is 316 g/mol. The molecular weight excluding hydrogens is 292 g/mol. The Morgan fingerprint density at radius 3 is 2.52 bits per heavy atom. The van der Waals surface area contributed by atoms with E-state index >= 15 is 0 Å². The van der Waals surface area contributed by atoms with Crippen molar-refractivity contribution in [2.45, 2.75) is 25.5 Å². The Bertz CT molecular complexity index is 546. The first-order chi connectivity index (χ1) is 9.94. The van der Waals surface area contributed by atoms with Crippen LogP contribution in [0.3, 0.4) is 0 Å². The molecule has 0 aliphatic carbocycles. The van der Waals surface area contributed by atoms with Gasteiger partial charge in [0.25, 0.3) is 0 Å². The number of benzene rings is 1. The zero-order chi connectivity index (χ0) is 15.9. The summed E-state index contributed by atoms with van der Waals surface area (Å²) < 4.78 is 37.5. The van der Waals surface area contributed by atoms with Crippen molar-refractivity contribution in [3.05, 3.63) is 18.2 Å². The standard InChI is InChI=1S/C14H24N2O4S/c1-5-8-15-10-11(2)21(17,18)16-13-9-12(19-3)6-7-14(13)20-4/h6-7,9,11,15-16H,5,8,10H2,1-4H3. The van der Waals surface area contributed by atoms with E-state index in [-0.39, 0.29) is 0 Å². The number of hydrogen-bond acceptors (Lipinski definition) is 5. The summed E-state index contributed by atoms with van der Waals surface area (Å²) in [6.07, 6.45) is 0.962. The van der Waals surface area contributed by atoms with Crippen LogP contribution in [0.5, 0.6) is 11.5 Å². The summed E-state index contributed by atoms with van der Waals surface area (Å²) in [6, 6.07) is 4.97. The molecule has 0 saturated heterocycles. The van der Waals surface area contributed by atoms with Gasteiger partial charge in [-0.3, -0.25) is 4.72 Å². The maximum Gasteiger partial charge on any atom is 0.236 e. The van der Waals surface area contributed by atoms with E-state index in [1.165, 1.54) is 14.2 Å². The number of anilines is 1. The number of hydrogen-bond donors (Lipinski definition) is 2. The topological polar surface area (TPSA) is 76.7 Å². The molecule has 1 aromatic carbocycles. The molecule has 0 radical (unpaired) electrons. The molecule has 1 unspecified atom stereocenters. The summed E-state index contributed by atoms with van der Waals surface area (Å²) in [7, 11) is -0.482. The molecule has 7 heteroatoms. The molecule has 1 aromatic rings. The second kappa shape index (κ2) is 8.09. The molecule has 0 heterocycles. The summed E-state index contributed by atoms with van der Waals surface area (Å²) in [6.45, 7) is 4.89. The third kappa shape index (κ3) is 5.09. The normalized spacial score (nSPS) is 12.8. The van der Waals surface area contributed by atoms with Crippen molar-refractivity contribution in [1.29, 1.82) is 0 Å². The maximum absolute atomic E-state index is 12.3. The van der Waals surface area contributed by atoms with E-state index in [4.69, 9.17) is 9.47 Å². The minimum absolute atomic E-state index is 0.374. The van der Waals surface area contributed by atoms with Crippen molar-refractivity contribution in [1.82, 2.24) is 5.32 Å². The Kier molecular flexibility index (Phi) is 6.77. The van der Waals surface area contributed by atoms with Gasteiger partial charge in [-0.2, -0.15) is 0 Å². The van der Waals surface area contributed by atoms with Gasteiger partial charge in [-0.25, -0.2) is 8.42 Å².